The van der Waals surface area contributed by atoms with Gasteiger partial charge in [-0.05, 0) is 95.6 Å². The fourth-order valence-corrected chi connectivity index (χ4v) is 8.25. The number of carbonyl (C=O) groups excluding carboxylic acids is 2. The summed E-state index contributed by atoms with van der Waals surface area (Å²) in [7, 11) is 0. The van der Waals surface area contributed by atoms with Crippen LogP contribution in [-0.2, 0) is 24.2 Å². The van der Waals surface area contributed by atoms with Crippen LogP contribution in [-0.4, -0.2) is 74.5 Å². The van der Waals surface area contributed by atoms with Crippen molar-refractivity contribution < 1.29 is 9.59 Å². The number of aryl methyl sites for hydroxylation is 3. The maximum Gasteiger partial charge on any atom is 0.318 e. The first kappa shape index (κ1) is 32.1. The summed E-state index contributed by atoms with van der Waals surface area (Å²) in [5.41, 5.74) is 6.51. The number of hydrogen-bond donors (Lipinski definition) is 2. The van der Waals surface area contributed by atoms with Gasteiger partial charge in [0.05, 0.1) is 22.8 Å². The van der Waals surface area contributed by atoms with E-state index in [4.69, 9.17) is 16.6 Å². The molecule has 4 aromatic rings. The van der Waals surface area contributed by atoms with Crippen LogP contribution in [0.3, 0.4) is 0 Å². The van der Waals surface area contributed by atoms with Crippen molar-refractivity contribution in [2.45, 2.75) is 76.5 Å². The first-order valence-corrected chi connectivity index (χ1v) is 18.0. The van der Waals surface area contributed by atoms with Crippen LogP contribution in [0, 0.1) is 6.92 Å². The summed E-state index contributed by atoms with van der Waals surface area (Å²) in [4.78, 5) is 41.7. The number of carbonyl (C=O) groups is 2. The molecule has 47 heavy (non-hydrogen) atoms. The third-order valence-electron chi connectivity index (χ3n) is 10.0. The van der Waals surface area contributed by atoms with Crippen LogP contribution in [0.5, 0.6) is 0 Å². The van der Waals surface area contributed by atoms with Crippen LogP contribution in [0.15, 0.2) is 59.2 Å². The van der Waals surface area contributed by atoms with Crippen LogP contribution in [0.1, 0.15) is 66.4 Å². The Morgan fingerprint density at radius 3 is 2.68 bits per heavy atom. The summed E-state index contributed by atoms with van der Waals surface area (Å²) in [5, 5.41) is 7.17. The van der Waals surface area contributed by atoms with E-state index in [1.165, 1.54) is 17.5 Å². The molecule has 2 N–H and O–H groups in total. The second-order valence-corrected chi connectivity index (χ2v) is 14.4. The Labute approximate surface area is 289 Å². The Balaban J connectivity index is 1.16. The van der Waals surface area contributed by atoms with Gasteiger partial charge < -0.3 is 20.1 Å². The van der Waals surface area contributed by atoms with Crippen LogP contribution >= 0.6 is 27.5 Å². The first-order chi connectivity index (χ1) is 22.9. The van der Waals surface area contributed by atoms with Gasteiger partial charge in [0, 0.05) is 54.5 Å². The summed E-state index contributed by atoms with van der Waals surface area (Å²) in [6.45, 7) is 4.45. The topological polar surface area (TPSA) is 95.4 Å². The van der Waals surface area contributed by atoms with Crippen LogP contribution in [0.25, 0.3) is 11.0 Å². The van der Waals surface area contributed by atoms with E-state index in [2.05, 4.69) is 65.3 Å². The summed E-state index contributed by atoms with van der Waals surface area (Å²) in [5.74, 6) is 0.757. The Hall–Kier alpha value is -3.47. The summed E-state index contributed by atoms with van der Waals surface area (Å²) in [6.07, 6.45) is 8.99. The highest BCUT2D eigenvalue weighted by molar-refractivity contribution is 9.10. The minimum atomic E-state index is -0.661. The smallest absolute Gasteiger partial charge is 0.318 e. The SMILES string of the molecule is Cc1nc2ccccc2n1CCNC(=O)[C@H]1CN(C2c3ccc(Cl)cc3CCc3cc(Br)cnc32)CCN1C(=O)NC1CCCCC1. The number of piperazine rings is 1. The van der Waals surface area contributed by atoms with Gasteiger partial charge in [0.1, 0.15) is 11.9 Å². The highest BCUT2D eigenvalue weighted by Gasteiger charge is 2.40. The number of halogens is 2. The average Bonchev–Trinajstić information content (AvgIpc) is 3.30. The quantitative estimate of drug-likeness (QED) is 0.248. The molecule has 1 unspecified atom stereocenters. The highest BCUT2D eigenvalue weighted by atomic mass is 79.9. The minimum absolute atomic E-state index is 0.149. The molecule has 2 aromatic carbocycles. The van der Waals surface area contributed by atoms with Gasteiger partial charge in [0.2, 0.25) is 5.91 Å². The summed E-state index contributed by atoms with van der Waals surface area (Å²) in [6, 6.07) is 15.5. The van der Waals surface area contributed by atoms with E-state index in [9.17, 15) is 9.59 Å². The van der Waals surface area contributed by atoms with Crippen LogP contribution in [0.2, 0.25) is 5.02 Å². The third kappa shape index (κ3) is 6.78. The summed E-state index contributed by atoms with van der Waals surface area (Å²) < 4.78 is 3.08. The molecular formula is C36H41BrClN7O2. The number of urea groups is 1. The number of para-hydroxylation sites is 2. The fourth-order valence-electron chi connectivity index (χ4n) is 7.68. The number of hydrogen-bond acceptors (Lipinski definition) is 5. The van der Waals surface area contributed by atoms with E-state index < -0.39 is 6.04 Å². The monoisotopic (exact) mass is 717 g/mol. The number of rotatable bonds is 6. The third-order valence-corrected chi connectivity index (χ3v) is 10.7. The Bertz CT molecular complexity index is 1730. The lowest BCUT2D eigenvalue weighted by molar-refractivity contribution is -0.127. The van der Waals surface area contributed by atoms with Gasteiger partial charge in [-0.25, -0.2) is 9.78 Å². The maximum absolute atomic E-state index is 14.1. The molecule has 0 radical (unpaired) electrons. The van der Waals surface area contributed by atoms with E-state index in [-0.39, 0.29) is 24.0 Å². The molecule has 2 aliphatic carbocycles. The standard InChI is InChI=1S/C36H41BrClN7O2/c1-23-41-30-9-5-6-10-31(30)44(23)16-15-39-35(46)32-22-43(17-18-45(32)36(47)42-28-7-3-2-4-8-28)34-29-14-13-27(38)20-24(29)11-12-25-19-26(37)21-40-33(25)34/h5-6,9-10,13-14,19-21,28,32,34H,2-4,7-8,11-12,15-18,22H2,1H3,(H,39,46)(H,42,47)/t32-,34?/m1/s1. The molecule has 0 bridgehead atoms. The van der Waals surface area contributed by atoms with Crippen molar-refractivity contribution in [2.24, 2.45) is 0 Å². The zero-order valence-corrected chi connectivity index (χ0v) is 29.1. The lowest BCUT2D eigenvalue weighted by atomic mass is 9.95. The van der Waals surface area contributed by atoms with Gasteiger partial charge >= 0.3 is 6.03 Å². The molecule has 2 aromatic heterocycles. The molecule has 0 spiro atoms. The van der Waals surface area contributed by atoms with Gasteiger partial charge in [0.15, 0.2) is 0 Å². The van der Waals surface area contributed by atoms with Gasteiger partial charge in [-0.2, -0.15) is 0 Å². The lowest BCUT2D eigenvalue weighted by Crippen LogP contribution is -2.63. The number of amides is 3. The lowest BCUT2D eigenvalue weighted by Gasteiger charge is -2.44. The van der Waals surface area contributed by atoms with E-state index in [0.717, 1.165) is 71.1 Å². The Morgan fingerprint density at radius 1 is 1.02 bits per heavy atom. The normalized spacial score (nSPS) is 20.4. The van der Waals surface area contributed by atoms with E-state index in [0.29, 0.717) is 37.7 Å². The molecule has 11 heteroatoms. The molecular weight excluding hydrogens is 678 g/mol. The van der Waals surface area contributed by atoms with Crippen molar-refractivity contribution >= 4 is 50.5 Å². The molecule has 9 nitrogen and oxygen atoms in total. The van der Waals surface area contributed by atoms with Crippen molar-refractivity contribution in [3.05, 3.63) is 92.4 Å². The minimum Gasteiger partial charge on any atom is -0.352 e. The first-order valence-electron chi connectivity index (χ1n) is 16.8. The Kier molecular flexibility index (Phi) is 9.52. The zero-order chi connectivity index (χ0) is 32.5. The molecule has 1 saturated heterocycles. The second kappa shape index (κ2) is 13.9. The number of fused-ring (bicyclic) bond motifs is 3. The molecule has 3 heterocycles. The number of nitrogens with zero attached hydrogens (tertiary/aromatic N) is 5. The predicted molar refractivity (Wildman–Crippen MR) is 188 cm³/mol. The van der Waals surface area contributed by atoms with Crippen LogP contribution < -0.4 is 10.6 Å². The van der Waals surface area contributed by atoms with E-state index >= 15 is 0 Å². The van der Waals surface area contributed by atoms with Gasteiger partial charge in [-0.3, -0.25) is 14.7 Å². The molecule has 3 amide bonds. The number of nitrogens with one attached hydrogen (secondary N) is 2. The number of aromatic nitrogens is 3. The molecule has 2 atom stereocenters. The second-order valence-electron chi connectivity index (χ2n) is 13.0. The van der Waals surface area contributed by atoms with Crippen molar-refractivity contribution in [2.75, 3.05) is 26.2 Å². The highest BCUT2D eigenvalue weighted by Crippen LogP contribution is 2.38. The molecule has 1 saturated carbocycles. The molecule has 3 aliphatic rings. The summed E-state index contributed by atoms with van der Waals surface area (Å²) >= 11 is 10.1. The predicted octanol–water partition coefficient (Wildman–Crippen LogP) is 6.19. The Morgan fingerprint density at radius 2 is 1.83 bits per heavy atom. The van der Waals surface area contributed by atoms with Crippen molar-refractivity contribution in [1.82, 2.24) is 35.0 Å². The largest absolute Gasteiger partial charge is 0.352 e. The number of imidazole rings is 1. The van der Waals surface area contributed by atoms with Crippen molar-refractivity contribution in [3.63, 3.8) is 0 Å². The number of pyridine rings is 1. The van der Waals surface area contributed by atoms with Gasteiger partial charge in [-0.15, -0.1) is 0 Å². The molecule has 246 valence electrons. The fraction of sp³-hybridized carbons (Fsp3) is 0.444. The zero-order valence-electron chi connectivity index (χ0n) is 26.7. The van der Waals surface area contributed by atoms with E-state index in [1.54, 1.807) is 4.90 Å². The van der Waals surface area contributed by atoms with Gasteiger partial charge in [-0.1, -0.05) is 49.1 Å². The van der Waals surface area contributed by atoms with E-state index in [1.807, 2.05) is 37.4 Å². The molecule has 7 rings (SSSR count). The molecule has 2 fully saturated rings. The average molecular weight is 719 g/mol. The molecule has 1 aliphatic heterocycles. The number of benzene rings is 2. The van der Waals surface area contributed by atoms with Crippen molar-refractivity contribution in [1.29, 1.82) is 0 Å². The maximum atomic E-state index is 14.1. The van der Waals surface area contributed by atoms with Crippen molar-refractivity contribution in [3.8, 4) is 0 Å². The van der Waals surface area contributed by atoms with Crippen LogP contribution in [0.4, 0.5) is 4.79 Å². The van der Waals surface area contributed by atoms with Gasteiger partial charge in [0.25, 0.3) is 0 Å².